The van der Waals surface area contributed by atoms with Gasteiger partial charge in [0.25, 0.3) is 5.91 Å². The average Bonchev–Trinajstić information content (AvgIpc) is 3.13. The number of carbonyl (C=O) groups excluding carboxylic acids is 1. The summed E-state index contributed by atoms with van der Waals surface area (Å²) in [5, 5.41) is 0. The molecule has 6 nitrogen and oxygen atoms in total. The number of methoxy groups -OCH3 is 1. The van der Waals surface area contributed by atoms with Crippen molar-refractivity contribution in [1.29, 1.82) is 0 Å². The summed E-state index contributed by atoms with van der Waals surface area (Å²) in [6.07, 6.45) is 5.77. The van der Waals surface area contributed by atoms with Crippen molar-refractivity contribution < 1.29 is 17.9 Å². The summed E-state index contributed by atoms with van der Waals surface area (Å²) in [4.78, 5) is 14.9. The fraction of sp³-hybridized carbons (Fsp3) is 0.632. The Kier molecular flexibility index (Phi) is 5.87. The zero-order valence-electron chi connectivity index (χ0n) is 15.5. The summed E-state index contributed by atoms with van der Waals surface area (Å²) < 4.78 is 33.5. The fourth-order valence-corrected chi connectivity index (χ4v) is 5.07. The number of nitrogens with zero attached hydrogens (tertiary/aromatic N) is 1. The van der Waals surface area contributed by atoms with Crippen LogP contribution in [-0.4, -0.2) is 45.5 Å². The first-order valence-corrected chi connectivity index (χ1v) is 10.9. The molecule has 0 aromatic heterocycles. The van der Waals surface area contributed by atoms with E-state index in [9.17, 15) is 13.2 Å². The summed E-state index contributed by atoms with van der Waals surface area (Å²) in [7, 11) is -2.15. The number of amides is 1. The van der Waals surface area contributed by atoms with Gasteiger partial charge in [-0.3, -0.25) is 4.79 Å². The Bertz CT molecular complexity index is 749. The van der Waals surface area contributed by atoms with E-state index in [1.807, 2.05) is 0 Å². The highest BCUT2D eigenvalue weighted by Crippen LogP contribution is 2.27. The van der Waals surface area contributed by atoms with Crippen molar-refractivity contribution in [2.75, 3.05) is 20.2 Å². The summed E-state index contributed by atoms with van der Waals surface area (Å²) >= 11 is 0. The van der Waals surface area contributed by atoms with Crippen LogP contribution in [0.4, 0.5) is 0 Å². The molecule has 1 heterocycles. The highest BCUT2D eigenvalue weighted by molar-refractivity contribution is 7.89. The molecule has 1 aromatic rings. The molecule has 0 unspecified atom stereocenters. The van der Waals surface area contributed by atoms with Crippen molar-refractivity contribution in [3.8, 4) is 5.75 Å². The van der Waals surface area contributed by atoms with Crippen LogP contribution in [0.25, 0.3) is 0 Å². The molecule has 0 bridgehead atoms. The molecule has 144 valence electrons. The number of sulfonamides is 1. The van der Waals surface area contributed by atoms with Crippen LogP contribution in [-0.2, 0) is 10.0 Å². The maximum atomic E-state index is 12.9. The Morgan fingerprint density at radius 2 is 1.81 bits per heavy atom. The van der Waals surface area contributed by atoms with Gasteiger partial charge in [0.15, 0.2) is 0 Å². The molecule has 1 aliphatic carbocycles. The molecule has 26 heavy (non-hydrogen) atoms. The van der Waals surface area contributed by atoms with Gasteiger partial charge < -0.3 is 9.64 Å². The van der Waals surface area contributed by atoms with Crippen LogP contribution >= 0.6 is 0 Å². The van der Waals surface area contributed by atoms with Gasteiger partial charge in [0.05, 0.1) is 17.6 Å². The number of hydrogen-bond donors (Lipinski definition) is 1. The molecule has 0 radical (unpaired) electrons. The zero-order valence-corrected chi connectivity index (χ0v) is 16.3. The van der Waals surface area contributed by atoms with Crippen molar-refractivity contribution in [1.82, 2.24) is 9.62 Å². The van der Waals surface area contributed by atoms with Gasteiger partial charge in [-0.1, -0.05) is 19.8 Å². The van der Waals surface area contributed by atoms with Gasteiger partial charge in [-0.15, -0.1) is 0 Å². The topological polar surface area (TPSA) is 75.7 Å². The summed E-state index contributed by atoms with van der Waals surface area (Å²) in [6, 6.07) is 4.52. The lowest BCUT2D eigenvalue weighted by molar-refractivity contribution is 0.0693. The maximum absolute atomic E-state index is 12.9. The van der Waals surface area contributed by atoms with Crippen LogP contribution in [0.3, 0.4) is 0 Å². The van der Waals surface area contributed by atoms with Gasteiger partial charge >= 0.3 is 0 Å². The van der Waals surface area contributed by atoms with Crippen LogP contribution in [0, 0.1) is 5.92 Å². The van der Waals surface area contributed by atoms with Gasteiger partial charge in [-0.05, 0) is 49.8 Å². The monoisotopic (exact) mass is 380 g/mol. The summed E-state index contributed by atoms with van der Waals surface area (Å²) in [6.45, 7) is 3.57. The predicted molar refractivity (Wildman–Crippen MR) is 99.9 cm³/mol. The van der Waals surface area contributed by atoms with Crippen LogP contribution in [0.1, 0.15) is 55.8 Å². The highest BCUT2D eigenvalue weighted by atomic mass is 32.2. The van der Waals surface area contributed by atoms with Gasteiger partial charge in [0.1, 0.15) is 5.75 Å². The van der Waals surface area contributed by atoms with E-state index >= 15 is 0 Å². The average molecular weight is 381 g/mol. The quantitative estimate of drug-likeness (QED) is 0.852. The first kappa shape index (κ1) is 19.2. The van der Waals surface area contributed by atoms with Crippen molar-refractivity contribution in [3.63, 3.8) is 0 Å². The minimum absolute atomic E-state index is 0.00941. The van der Waals surface area contributed by atoms with E-state index in [0.717, 1.165) is 38.5 Å². The molecule has 0 spiro atoms. The SMILES string of the molecule is COc1ccc(S(=O)(=O)NC2CCCC2)cc1C(=O)N1CCC(C)CC1. The number of piperidine rings is 1. The number of likely N-dealkylation sites (tertiary alicyclic amines) is 1. The smallest absolute Gasteiger partial charge is 0.257 e. The second kappa shape index (κ2) is 7.96. The van der Waals surface area contributed by atoms with E-state index in [2.05, 4.69) is 11.6 Å². The Hall–Kier alpha value is -1.60. The normalized spacial score (nSPS) is 19.7. The van der Waals surface area contributed by atoms with Crippen LogP contribution in [0.5, 0.6) is 5.75 Å². The fourth-order valence-electron chi connectivity index (χ4n) is 3.73. The molecule has 0 atom stereocenters. The van der Waals surface area contributed by atoms with E-state index < -0.39 is 10.0 Å². The van der Waals surface area contributed by atoms with Gasteiger partial charge in [0.2, 0.25) is 10.0 Å². The number of nitrogens with one attached hydrogen (secondary N) is 1. The molecule has 1 saturated heterocycles. The first-order valence-electron chi connectivity index (χ1n) is 9.40. The van der Waals surface area contributed by atoms with E-state index in [1.165, 1.54) is 19.2 Å². The maximum Gasteiger partial charge on any atom is 0.257 e. The minimum atomic E-state index is -3.64. The van der Waals surface area contributed by atoms with Crippen molar-refractivity contribution in [3.05, 3.63) is 23.8 Å². The third kappa shape index (κ3) is 4.20. The summed E-state index contributed by atoms with van der Waals surface area (Å²) in [5.41, 5.74) is 0.316. The zero-order chi connectivity index (χ0) is 18.7. The molecule has 2 fully saturated rings. The van der Waals surface area contributed by atoms with E-state index in [4.69, 9.17) is 4.74 Å². The van der Waals surface area contributed by atoms with Gasteiger partial charge in [-0.2, -0.15) is 0 Å². The van der Waals surface area contributed by atoms with Crippen molar-refractivity contribution in [2.45, 2.75) is 56.4 Å². The Balaban J connectivity index is 1.85. The number of carbonyl (C=O) groups is 1. The molecule has 1 amide bonds. The lowest BCUT2D eigenvalue weighted by Crippen LogP contribution is -2.38. The molecule has 1 aromatic carbocycles. The summed E-state index contributed by atoms with van der Waals surface area (Å²) in [5.74, 6) is 0.864. The molecule has 1 saturated carbocycles. The first-order chi connectivity index (χ1) is 12.4. The number of rotatable bonds is 5. The number of hydrogen-bond acceptors (Lipinski definition) is 4. The van der Waals surface area contributed by atoms with Crippen molar-refractivity contribution in [2.24, 2.45) is 5.92 Å². The highest BCUT2D eigenvalue weighted by Gasteiger charge is 2.27. The third-order valence-corrected chi connectivity index (χ3v) is 6.98. The van der Waals surface area contributed by atoms with E-state index in [0.29, 0.717) is 30.3 Å². The Labute approximate surface area is 156 Å². The van der Waals surface area contributed by atoms with Crippen LogP contribution < -0.4 is 9.46 Å². The minimum Gasteiger partial charge on any atom is -0.496 e. The second-order valence-corrected chi connectivity index (χ2v) is 9.15. The standard InChI is InChI=1S/C19H28N2O4S/c1-14-9-11-21(12-10-14)19(22)17-13-16(7-8-18(17)25-2)26(23,24)20-15-5-3-4-6-15/h7-8,13-15,20H,3-6,9-12H2,1-2H3. The third-order valence-electron chi connectivity index (χ3n) is 5.46. The largest absolute Gasteiger partial charge is 0.496 e. The van der Waals surface area contributed by atoms with E-state index in [-0.39, 0.29) is 16.8 Å². The molecule has 2 aliphatic rings. The Morgan fingerprint density at radius 3 is 2.42 bits per heavy atom. The van der Waals surface area contributed by atoms with Crippen LogP contribution in [0.15, 0.2) is 23.1 Å². The van der Waals surface area contributed by atoms with Crippen LogP contribution in [0.2, 0.25) is 0 Å². The van der Waals surface area contributed by atoms with E-state index in [1.54, 1.807) is 11.0 Å². The lowest BCUT2D eigenvalue weighted by atomic mass is 9.98. The van der Waals surface area contributed by atoms with Gasteiger partial charge in [-0.25, -0.2) is 13.1 Å². The van der Waals surface area contributed by atoms with Crippen molar-refractivity contribution >= 4 is 15.9 Å². The molecule has 7 heteroatoms. The molecule has 1 aliphatic heterocycles. The molecular weight excluding hydrogens is 352 g/mol. The lowest BCUT2D eigenvalue weighted by Gasteiger charge is -2.30. The Morgan fingerprint density at radius 1 is 1.15 bits per heavy atom. The second-order valence-electron chi connectivity index (χ2n) is 7.44. The molecule has 3 rings (SSSR count). The van der Waals surface area contributed by atoms with Gasteiger partial charge in [0, 0.05) is 19.1 Å². The molecule has 1 N–H and O–H groups in total. The predicted octanol–water partition coefficient (Wildman–Crippen LogP) is 2.79. The number of benzene rings is 1. The molecular formula is C19H28N2O4S. The number of ether oxygens (including phenoxy) is 1.